The Balaban J connectivity index is 1.53. The van der Waals surface area contributed by atoms with E-state index in [4.69, 9.17) is 0 Å². The number of thiazole rings is 1. The average molecular weight is 434 g/mol. The molecule has 0 fully saturated rings. The molecule has 1 amide bonds. The number of carbonyl (C=O) groups is 1. The second kappa shape index (κ2) is 8.57. The molecule has 0 bridgehead atoms. The third-order valence-electron chi connectivity index (χ3n) is 3.77. The van der Waals surface area contributed by atoms with Gasteiger partial charge in [0.2, 0.25) is 5.91 Å². The standard InChI is InChI=1S/C18H20BrN5OS/c1-3-24-10-13(8-20-24)9-23(2)11-17(25)22-18-21-16(12-26-18)14-4-6-15(19)7-5-14/h4-8,10,12H,3,9,11H2,1-2H3,(H,21,22,25). The molecule has 0 atom stereocenters. The summed E-state index contributed by atoms with van der Waals surface area (Å²) in [5.74, 6) is -0.0768. The van der Waals surface area contributed by atoms with E-state index >= 15 is 0 Å². The number of benzene rings is 1. The number of likely N-dealkylation sites (N-methyl/N-ethyl adjacent to an activating group) is 1. The summed E-state index contributed by atoms with van der Waals surface area (Å²) in [6.45, 7) is 3.86. The fraction of sp³-hybridized carbons (Fsp3) is 0.278. The molecule has 0 aliphatic rings. The molecule has 2 heterocycles. The summed E-state index contributed by atoms with van der Waals surface area (Å²) >= 11 is 4.85. The molecule has 0 radical (unpaired) electrons. The van der Waals surface area contributed by atoms with Crippen molar-refractivity contribution in [3.63, 3.8) is 0 Å². The molecule has 136 valence electrons. The van der Waals surface area contributed by atoms with E-state index < -0.39 is 0 Å². The zero-order valence-electron chi connectivity index (χ0n) is 14.6. The van der Waals surface area contributed by atoms with Crippen molar-refractivity contribution >= 4 is 38.3 Å². The van der Waals surface area contributed by atoms with Gasteiger partial charge in [-0.1, -0.05) is 28.1 Å². The predicted molar refractivity (Wildman–Crippen MR) is 108 cm³/mol. The number of rotatable bonds is 7. The van der Waals surface area contributed by atoms with Gasteiger partial charge in [0.05, 0.1) is 18.4 Å². The van der Waals surface area contributed by atoms with Crippen molar-refractivity contribution in [1.82, 2.24) is 19.7 Å². The molecule has 26 heavy (non-hydrogen) atoms. The maximum absolute atomic E-state index is 12.3. The summed E-state index contributed by atoms with van der Waals surface area (Å²) < 4.78 is 2.90. The summed E-state index contributed by atoms with van der Waals surface area (Å²) in [6.07, 6.45) is 3.84. The smallest absolute Gasteiger partial charge is 0.240 e. The Kier molecular flexibility index (Phi) is 6.18. The van der Waals surface area contributed by atoms with Crippen LogP contribution in [0.3, 0.4) is 0 Å². The Morgan fingerprint density at radius 2 is 2.12 bits per heavy atom. The molecular formula is C18H20BrN5OS. The van der Waals surface area contributed by atoms with Gasteiger partial charge in [0.15, 0.2) is 5.13 Å². The molecule has 6 nitrogen and oxygen atoms in total. The van der Waals surface area contributed by atoms with Crippen LogP contribution in [0.5, 0.6) is 0 Å². The van der Waals surface area contributed by atoms with Crippen LogP contribution in [0.15, 0.2) is 46.5 Å². The number of halogens is 1. The van der Waals surface area contributed by atoms with E-state index in [1.54, 1.807) is 0 Å². The normalized spacial score (nSPS) is 11.1. The lowest BCUT2D eigenvalue weighted by Crippen LogP contribution is -2.29. The molecule has 0 saturated carbocycles. The molecule has 0 aliphatic heterocycles. The van der Waals surface area contributed by atoms with Gasteiger partial charge in [-0.3, -0.25) is 14.4 Å². The number of aryl methyl sites for hydroxylation is 1. The maximum Gasteiger partial charge on any atom is 0.240 e. The van der Waals surface area contributed by atoms with Crippen LogP contribution in [-0.4, -0.2) is 39.2 Å². The van der Waals surface area contributed by atoms with Crippen LogP contribution in [0.1, 0.15) is 12.5 Å². The number of anilines is 1. The van der Waals surface area contributed by atoms with Crippen LogP contribution >= 0.6 is 27.3 Å². The van der Waals surface area contributed by atoms with Gasteiger partial charge in [-0.05, 0) is 26.1 Å². The maximum atomic E-state index is 12.3. The predicted octanol–water partition coefficient (Wildman–Crippen LogP) is 3.86. The first-order valence-electron chi connectivity index (χ1n) is 8.24. The lowest BCUT2D eigenvalue weighted by Gasteiger charge is -2.14. The fourth-order valence-electron chi connectivity index (χ4n) is 2.52. The molecule has 3 rings (SSSR count). The van der Waals surface area contributed by atoms with Crippen LogP contribution in [0.2, 0.25) is 0 Å². The molecule has 1 N–H and O–H groups in total. The highest BCUT2D eigenvalue weighted by molar-refractivity contribution is 9.10. The number of nitrogens with one attached hydrogen (secondary N) is 1. The van der Waals surface area contributed by atoms with Crippen molar-refractivity contribution in [3.8, 4) is 11.3 Å². The highest BCUT2D eigenvalue weighted by Crippen LogP contribution is 2.26. The Morgan fingerprint density at radius 1 is 1.35 bits per heavy atom. The first kappa shape index (κ1) is 18.8. The average Bonchev–Trinajstić information content (AvgIpc) is 3.24. The number of nitrogens with zero attached hydrogens (tertiary/aromatic N) is 4. The molecule has 0 spiro atoms. The summed E-state index contributed by atoms with van der Waals surface area (Å²) in [4.78, 5) is 18.7. The number of carbonyl (C=O) groups excluding carboxylic acids is 1. The van der Waals surface area contributed by atoms with E-state index in [-0.39, 0.29) is 5.91 Å². The molecule has 0 saturated heterocycles. The first-order chi connectivity index (χ1) is 12.5. The second-order valence-corrected chi connectivity index (χ2v) is 7.74. The third-order valence-corrected chi connectivity index (χ3v) is 5.05. The Morgan fingerprint density at radius 3 is 2.81 bits per heavy atom. The van der Waals surface area contributed by atoms with Gasteiger partial charge in [0.25, 0.3) is 0 Å². The highest BCUT2D eigenvalue weighted by atomic mass is 79.9. The molecule has 0 unspecified atom stereocenters. The van der Waals surface area contributed by atoms with Gasteiger partial charge in [-0.2, -0.15) is 5.10 Å². The second-order valence-electron chi connectivity index (χ2n) is 5.97. The Labute approximate surface area is 165 Å². The van der Waals surface area contributed by atoms with E-state index in [9.17, 15) is 4.79 Å². The molecular weight excluding hydrogens is 414 g/mol. The Bertz CT molecular complexity index is 874. The van der Waals surface area contributed by atoms with Gasteiger partial charge in [-0.25, -0.2) is 4.98 Å². The zero-order valence-corrected chi connectivity index (χ0v) is 17.0. The summed E-state index contributed by atoms with van der Waals surface area (Å²) in [7, 11) is 1.91. The van der Waals surface area contributed by atoms with Crippen molar-refractivity contribution < 1.29 is 4.79 Å². The summed E-state index contributed by atoms with van der Waals surface area (Å²) in [5.41, 5.74) is 2.97. The minimum atomic E-state index is -0.0768. The van der Waals surface area contributed by atoms with E-state index in [1.807, 2.05) is 65.6 Å². The summed E-state index contributed by atoms with van der Waals surface area (Å²) in [6, 6.07) is 7.94. The van der Waals surface area contributed by atoms with Crippen LogP contribution in [0, 0.1) is 0 Å². The van der Waals surface area contributed by atoms with E-state index in [1.165, 1.54) is 11.3 Å². The van der Waals surface area contributed by atoms with Gasteiger partial charge < -0.3 is 5.32 Å². The topological polar surface area (TPSA) is 63.1 Å². The minimum Gasteiger partial charge on any atom is -0.301 e. The number of amides is 1. The monoisotopic (exact) mass is 433 g/mol. The Hall–Kier alpha value is -2.03. The highest BCUT2D eigenvalue weighted by Gasteiger charge is 2.11. The largest absolute Gasteiger partial charge is 0.301 e. The molecule has 1 aromatic carbocycles. The van der Waals surface area contributed by atoms with Crippen molar-refractivity contribution in [2.24, 2.45) is 0 Å². The first-order valence-corrected chi connectivity index (χ1v) is 9.92. The lowest BCUT2D eigenvalue weighted by atomic mass is 10.2. The lowest BCUT2D eigenvalue weighted by molar-refractivity contribution is -0.117. The van der Waals surface area contributed by atoms with Crippen LogP contribution in [0.4, 0.5) is 5.13 Å². The molecule has 2 aromatic heterocycles. The van der Waals surface area contributed by atoms with Crippen molar-refractivity contribution in [2.45, 2.75) is 20.0 Å². The molecule has 0 aliphatic carbocycles. The van der Waals surface area contributed by atoms with Crippen molar-refractivity contribution in [2.75, 3.05) is 18.9 Å². The number of hydrogen-bond donors (Lipinski definition) is 1. The number of hydrogen-bond acceptors (Lipinski definition) is 5. The van der Waals surface area contributed by atoms with Gasteiger partial charge >= 0.3 is 0 Å². The van der Waals surface area contributed by atoms with Gasteiger partial charge in [0, 0.05) is 40.3 Å². The quantitative estimate of drug-likeness (QED) is 0.614. The van der Waals surface area contributed by atoms with Crippen LogP contribution in [-0.2, 0) is 17.9 Å². The molecule has 8 heteroatoms. The van der Waals surface area contributed by atoms with Crippen LogP contribution < -0.4 is 5.32 Å². The SMILES string of the molecule is CCn1cc(CN(C)CC(=O)Nc2nc(-c3ccc(Br)cc3)cs2)cn1. The van der Waals surface area contributed by atoms with E-state index in [2.05, 4.69) is 31.3 Å². The van der Waals surface area contributed by atoms with Gasteiger partial charge in [-0.15, -0.1) is 11.3 Å². The van der Waals surface area contributed by atoms with E-state index in [0.29, 0.717) is 18.2 Å². The van der Waals surface area contributed by atoms with Gasteiger partial charge in [0.1, 0.15) is 0 Å². The van der Waals surface area contributed by atoms with Crippen LogP contribution in [0.25, 0.3) is 11.3 Å². The zero-order chi connectivity index (χ0) is 18.5. The van der Waals surface area contributed by atoms with Crippen molar-refractivity contribution in [3.05, 3.63) is 52.1 Å². The van der Waals surface area contributed by atoms with E-state index in [0.717, 1.165) is 27.8 Å². The third kappa shape index (κ3) is 5.00. The number of aromatic nitrogens is 3. The minimum absolute atomic E-state index is 0.0768. The summed E-state index contributed by atoms with van der Waals surface area (Å²) in [5, 5.41) is 9.68. The fourth-order valence-corrected chi connectivity index (χ4v) is 3.52. The molecule has 3 aromatic rings. The van der Waals surface area contributed by atoms with Crippen molar-refractivity contribution in [1.29, 1.82) is 0 Å².